The summed E-state index contributed by atoms with van der Waals surface area (Å²) >= 11 is 0. The third-order valence-corrected chi connectivity index (χ3v) is 13.0. The molecule has 0 aliphatic carbocycles. The smallest absolute Gasteiger partial charge is 0.258 e. The summed E-state index contributed by atoms with van der Waals surface area (Å²) in [7, 11) is 0. The number of imide groups is 1. The van der Waals surface area contributed by atoms with E-state index in [1.54, 1.807) is 60.9 Å². The molecule has 0 bridgehead atoms. The molecule has 0 saturated carbocycles. The number of amides is 7. The topological polar surface area (TPSA) is 298 Å². The van der Waals surface area contributed by atoms with Crippen LogP contribution in [0.3, 0.4) is 0 Å². The Bertz CT molecular complexity index is 3040. The third kappa shape index (κ3) is 12.4. The van der Waals surface area contributed by atoms with Gasteiger partial charge in [0.15, 0.2) is 0 Å². The van der Waals surface area contributed by atoms with E-state index in [-0.39, 0.29) is 94.1 Å². The van der Waals surface area contributed by atoms with E-state index in [0.29, 0.717) is 80.6 Å². The molecule has 3 aliphatic heterocycles. The van der Waals surface area contributed by atoms with Crippen molar-refractivity contribution >= 4 is 64.2 Å². The molecule has 388 valence electrons. The molecule has 8 N–H and O–H groups in total. The second-order valence-corrected chi connectivity index (χ2v) is 18.0. The third-order valence-electron chi connectivity index (χ3n) is 13.0. The van der Waals surface area contributed by atoms with Crippen molar-refractivity contribution in [1.82, 2.24) is 41.0 Å². The SMILES string of the molecule is C=C1OCc2c(cc3n(c2=O)Cc2c-3nc3cc(F)c(C)cc3c2CN=C/C(CCNC(=O)CNC(=O)[C@@H](Cc2ccccc2)NC(=O)CNC(=O)CNC(=O)CCCCCN2C(=O)C=CC2=O)=N\N)[C@@]1(O)CC. The number of aromatic nitrogens is 2. The number of aryl methyl sites for hydroxylation is 1. The van der Waals surface area contributed by atoms with Crippen LogP contribution in [0.15, 0.2) is 87.9 Å². The number of hydrazone groups is 1. The molecule has 74 heavy (non-hydrogen) atoms. The molecule has 5 heterocycles. The summed E-state index contributed by atoms with van der Waals surface area (Å²) in [5.41, 5.74) is 2.85. The Kier molecular flexibility index (Phi) is 17.2. The largest absolute Gasteiger partial charge is 0.490 e. The molecule has 7 amide bonds. The lowest BCUT2D eigenvalue weighted by Crippen LogP contribution is -2.52. The van der Waals surface area contributed by atoms with Crippen LogP contribution in [0, 0.1) is 12.7 Å². The van der Waals surface area contributed by atoms with Crippen molar-refractivity contribution in [2.75, 3.05) is 32.7 Å². The first kappa shape index (κ1) is 53.4. The standard InChI is InChI=1S/C52H58FN11O10/c1-4-52(73)31(3)74-29-37-38(52)21-42-49-36(28-64(42)51(37)72)35(34-19-30(2)39(53)22-40(34)61-49)24-55-23-33(62-54)16-17-56-44(66)26-59-50(71)41(20-32-11-7-5-8-12-32)60-46(68)27-58-45(67)25-57-43(65)13-9-6-10-18-63-47(69)14-15-48(63)70/h5,7-8,11-12,14-15,19,21-23,41,73H,3-4,6,9-10,13,16-18,20,24-29,54H2,1-2H3,(H,56,66)(H,57,65)(H,58,67)(H,59,71)(H,60,68)/b55-23?,62-33-/t41-,52-/m1/s1. The van der Waals surface area contributed by atoms with Gasteiger partial charge in [-0.05, 0) is 55.0 Å². The number of aliphatic hydroxyl groups is 1. The fraction of sp³-hybridized carbons (Fsp3) is 0.365. The van der Waals surface area contributed by atoms with Crippen molar-refractivity contribution in [3.63, 3.8) is 0 Å². The Hall–Kier alpha value is -8.40. The lowest BCUT2D eigenvalue weighted by atomic mass is 9.84. The van der Waals surface area contributed by atoms with E-state index in [0.717, 1.165) is 4.90 Å². The van der Waals surface area contributed by atoms with Crippen LogP contribution >= 0.6 is 0 Å². The summed E-state index contributed by atoms with van der Waals surface area (Å²) < 4.78 is 22.2. The first-order valence-corrected chi connectivity index (χ1v) is 24.2. The van der Waals surface area contributed by atoms with Crippen molar-refractivity contribution < 1.29 is 47.8 Å². The van der Waals surface area contributed by atoms with Crippen LogP contribution in [-0.4, -0.2) is 112 Å². The van der Waals surface area contributed by atoms with Crippen molar-refractivity contribution in [2.24, 2.45) is 15.9 Å². The van der Waals surface area contributed by atoms with Crippen LogP contribution in [0.1, 0.15) is 78.8 Å². The molecule has 2 atom stereocenters. The fourth-order valence-electron chi connectivity index (χ4n) is 8.87. The number of halogens is 1. The van der Waals surface area contributed by atoms with Crippen LogP contribution in [-0.2, 0) is 70.0 Å². The number of carbonyl (C=O) groups excluding carboxylic acids is 7. The van der Waals surface area contributed by atoms with E-state index in [4.69, 9.17) is 15.6 Å². The molecule has 2 aromatic heterocycles. The highest BCUT2D eigenvalue weighted by Crippen LogP contribution is 2.43. The summed E-state index contributed by atoms with van der Waals surface area (Å²) in [5.74, 6) is 1.74. The van der Waals surface area contributed by atoms with Gasteiger partial charge in [-0.1, -0.05) is 50.3 Å². The quantitative estimate of drug-likeness (QED) is 0.0161. The van der Waals surface area contributed by atoms with Crippen LogP contribution < -0.4 is 38.0 Å². The summed E-state index contributed by atoms with van der Waals surface area (Å²) in [5, 5.41) is 28.7. The first-order chi connectivity index (χ1) is 35.5. The molecule has 4 aromatic rings. The molecule has 22 heteroatoms. The number of fused-ring (bicyclic) bond motifs is 5. The summed E-state index contributed by atoms with van der Waals surface area (Å²) in [6, 6.07) is 12.5. The van der Waals surface area contributed by atoms with E-state index in [1.165, 1.54) is 24.4 Å². The monoisotopic (exact) mass is 1020 g/mol. The highest BCUT2D eigenvalue weighted by atomic mass is 19.1. The number of nitrogens with two attached hydrogens (primary N) is 1. The average molecular weight is 1020 g/mol. The molecule has 0 saturated heterocycles. The summed E-state index contributed by atoms with van der Waals surface area (Å²) in [6.45, 7) is 6.42. The Morgan fingerprint density at radius 1 is 0.919 bits per heavy atom. The Balaban J connectivity index is 0.888. The predicted octanol–water partition coefficient (Wildman–Crippen LogP) is 1.47. The van der Waals surface area contributed by atoms with Crippen LogP contribution in [0.5, 0.6) is 0 Å². The molecule has 0 spiro atoms. The maximum Gasteiger partial charge on any atom is 0.258 e. The van der Waals surface area contributed by atoms with Crippen molar-refractivity contribution in [1.29, 1.82) is 0 Å². The Labute approximate surface area is 424 Å². The van der Waals surface area contributed by atoms with Gasteiger partial charge in [0.25, 0.3) is 17.4 Å². The molecular formula is C52H58FN11O10. The number of unbranched alkanes of at least 4 members (excludes halogenated alkanes) is 2. The maximum atomic E-state index is 15.0. The number of carbonyl (C=O) groups is 7. The van der Waals surface area contributed by atoms with E-state index in [9.17, 15) is 47.9 Å². The van der Waals surface area contributed by atoms with Gasteiger partial charge in [0, 0.05) is 73.3 Å². The lowest BCUT2D eigenvalue weighted by molar-refractivity contribution is -0.137. The molecule has 0 fully saturated rings. The number of ether oxygens (including phenoxy) is 1. The van der Waals surface area contributed by atoms with Crippen molar-refractivity contribution in [2.45, 2.75) is 90.1 Å². The van der Waals surface area contributed by atoms with Gasteiger partial charge in [0.1, 0.15) is 29.8 Å². The Morgan fingerprint density at radius 2 is 1.62 bits per heavy atom. The molecule has 0 radical (unpaired) electrons. The molecule has 2 aromatic carbocycles. The number of aliphatic imine (C=N–C) groups is 1. The molecule has 3 aliphatic rings. The van der Waals surface area contributed by atoms with Crippen molar-refractivity contribution in [3.8, 4) is 11.4 Å². The van der Waals surface area contributed by atoms with Gasteiger partial charge in [-0.2, -0.15) is 5.10 Å². The molecular weight excluding hydrogens is 958 g/mol. The summed E-state index contributed by atoms with van der Waals surface area (Å²) in [4.78, 5) is 112. The maximum absolute atomic E-state index is 15.0. The van der Waals surface area contributed by atoms with Crippen LogP contribution in [0.2, 0.25) is 0 Å². The number of rotatable bonds is 23. The number of hydrogen-bond acceptors (Lipinski definition) is 14. The Morgan fingerprint density at radius 3 is 2.35 bits per heavy atom. The lowest BCUT2D eigenvalue weighted by Gasteiger charge is -2.35. The zero-order valence-electron chi connectivity index (χ0n) is 41.1. The van der Waals surface area contributed by atoms with Crippen LogP contribution in [0.4, 0.5) is 4.39 Å². The molecule has 21 nitrogen and oxygen atoms in total. The number of hydrogen-bond donors (Lipinski definition) is 7. The van der Waals surface area contributed by atoms with Gasteiger partial charge in [0.05, 0.1) is 60.9 Å². The average Bonchev–Trinajstić information content (AvgIpc) is 3.92. The number of benzene rings is 2. The minimum Gasteiger partial charge on any atom is -0.490 e. The normalized spacial score (nSPS) is 16.1. The zero-order chi connectivity index (χ0) is 53.1. The van der Waals surface area contributed by atoms with Gasteiger partial charge in [-0.3, -0.25) is 48.2 Å². The molecule has 7 rings (SSSR count). The van der Waals surface area contributed by atoms with E-state index >= 15 is 0 Å². The van der Waals surface area contributed by atoms with Gasteiger partial charge in [-0.25, -0.2) is 9.37 Å². The minimum absolute atomic E-state index is 0.0500. The van der Waals surface area contributed by atoms with Gasteiger partial charge < -0.3 is 46.8 Å². The van der Waals surface area contributed by atoms with Gasteiger partial charge in [-0.15, -0.1) is 0 Å². The van der Waals surface area contributed by atoms with E-state index < -0.39 is 54.2 Å². The van der Waals surface area contributed by atoms with Gasteiger partial charge in [0.2, 0.25) is 29.5 Å². The second kappa shape index (κ2) is 23.9. The number of pyridine rings is 2. The zero-order valence-corrected chi connectivity index (χ0v) is 41.1. The van der Waals surface area contributed by atoms with Crippen LogP contribution in [0.25, 0.3) is 22.3 Å². The highest BCUT2D eigenvalue weighted by molar-refractivity contribution is 6.30. The van der Waals surface area contributed by atoms with E-state index in [2.05, 4.69) is 43.3 Å². The molecule has 0 unspecified atom stereocenters. The first-order valence-electron chi connectivity index (χ1n) is 24.2. The van der Waals surface area contributed by atoms with E-state index in [1.807, 2.05) is 0 Å². The summed E-state index contributed by atoms with van der Waals surface area (Å²) in [6.07, 6.45) is 5.99. The van der Waals surface area contributed by atoms with Gasteiger partial charge >= 0.3 is 0 Å². The number of nitrogens with zero attached hydrogens (tertiary/aromatic N) is 5. The predicted molar refractivity (Wildman–Crippen MR) is 270 cm³/mol. The minimum atomic E-state index is -1.59. The highest BCUT2D eigenvalue weighted by Gasteiger charge is 2.42. The second-order valence-electron chi connectivity index (χ2n) is 18.0. The fourth-order valence-corrected chi connectivity index (χ4v) is 8.87. The number of nitrogens with one attached hydrogen (secondary N) is 5. The van der Waals surface area contributed by atoms with Crippen molar-refractivity contribution in [3.05, 3.63) is 123 Å².